The van der Waals surface area contributed by atoms with Gasteiger partial charge in [-0.05, 0) is 12.0 Å². The zero-order valence-corrected chi connectivity index (χ0v) is 12.2. The van der Waals surface area contributed by atoms with Gasteiger partial charge in [-0.3, -0.25) is 10.1 Å². The lowest BCUT2D eigenvalue weighted by atomic mass is 10.1. The first-order valence-electron chi connectivity index (χ1n) is 6.77. The quantitative estimate of drug-likeness (QED) is 0.621. The minimum absolute atomic E-state index is 0.0525. The zero-order valence-electron chi connectivity index (χ0n) is 12.2. The minimum atomic E-state index is -0.434. The van der Waals surface area contributed by atoms with Gasteiger partial charge in [0.1, 0.15) is 5.82 Å². The second-order valence-corrected chi connectivity index (χ2v) is 4.74. The van der Waals surface area contributed by atoms with Crippen molar-refractivity contribution >= 4 is 11.7 Å². The van der Waals surface area contributed by atoms with Crippen LogP contribution in [0.25, 0.3) is 0 Å². The maximum Gasteiger partial charge on any atom is 0.315 e. The number of aromatic nitrogens is 2. The molecule has 0 aliphatic rings. The molecule has 0 aliphatic heterocycles. The van der Waals surface area contributed by atoms with Crippen LogP contribution in [0, 0.1) is 10.1 Å². The Kier molecular flexibility index (Phi) is 5.07. The molecule has 0 saturated carbocycles. The SMILES string of the molecule is Cn1ccnc1CNC(=O)NCCc1cccc([N+](=O)[O-])c1. The molecular weight excluding hydrogens is 286 g/mol. The molecule has 116 valence electrons. The van der Waals surface area contributed by atoms with E-state index in [4.69, 9.17) is 0 Å². The molecule has 0 atom stereocenters. The van der Waals surface area contributed by atoms with Crippen molar-refractivity contribution in [2.75, 3.05) is 6.54 Å². The van der Waals surface area contributed by atoms with Gasteiger partial charge in [0.25, 0.3) is 5.69 Å². The van der Waals surface area contributed by atoms with Gasteiger partial charge in [0, 0.05) is 38.1 Å². The van der Waals surface area contributed by atoms with E-state index in [1.54, 1.807) is 24.5 Å². The highest BCUT2D eigenvalue weighted by Gasteiger charge is 2.06. The molecule has 1 aromatic heterocycles. The smallest absolute Gasteiger partial charge is 0.315 e. The number of benzene rings is 1. The number of nitrogens with one attached hydrogen (secondary N) is 2. The van der Waals surface area contributed by atoms with Crippen molar-refractivity contribution in [3.63, 3.8) is 0 Å². The van der Waals surface area contributed by atoms with Crippen LogP contribution in [0.3, 0.4) is 0 Å². The average Bonchev–Trinajstić information content (AvgIpc) is 2.91. The van der Waals surface area contributed by atoms with Gasteiger partial charge in [-0.25, -0.2) is 9.78 Å². The monoisotopic (exact) mass is 303 g/mol. The number of nitro benzene ring substituents is 1. The third kappa shape index (κ3) is 4.30. The fourth-order valence-electron chi connectivity index (χ4n) is 1.93. The van der Waals surface area contributed by atoms with E-state index in [2.05, 4.69) is 15.6 Å². The number of carbonyl (C=O) groups excluding carboxylic acids is 1. The Morgan fingerprint density at radius 3 is 2.91 bits per heavy atom. The van der Waals surface area contributed by atoms with Gasteiger partial charge in [-0.1, -0.05) is 12.1 Å². The lowest BCUT2D eigenvalue weighted by Crippen LogP contribution is -2.36. The van der Waals surface area contributed by atoms with Crippen LogP contribution in [0.5, 0.6) is 0 Å². The lowest BCUT2D eigenvalue weighted by molar-refractivity contribution is -0.384. The highest BCUT2D eigenvalue weighted by atomic mass is 16.6. The Labute approximate surface area is 127 Å². The van der Waals surface area contributed by atoms with E-state index < -0.39 is 4.92 Å². The lowest BCUT2D eigenvalue weighted by Gasteiger charge is -2.07. The van der Waals surface area contributed by atoms with Gasteiger partial charge < -0.3 is 15.2 Å². The molecule has 2 rings (SSSR count). The molecule has 0 unspecified atom stereocenters. The maximum atomic E-state index is 11.6. The standard InChI is InChI=1S/C14H17N5O3/c1-18-8-7-15-13(18)10-17-14(20)16-6-5-11-3-2-4-12(9-11)19(21)22/h2-4,7-9H,5-6,10H2,1H3,(H2,16,17,20). The number of nitro groups is 1. The van der Waals surface area contributed by atoms with Crippen LogP contribution >= 0.6 is 0 Å². The Morgan fingerprint density at radius 1 is 1.41 bits per heavy atom. The van der Waals surface area contributed by atoms with Crippen molar-refractivity contribution in [3.8, 4) is 0 Å². The van der Waals surface area contributed by atoms with E-state index in [0.29, 0.717) is 19.5 Å². The van der Waals surface area contributed by atoms with Crippen molar-refractivity contribution in [1.29, 1.82) is 0 Å². The van der Waals surface area contributed by atoms with Crippen LogP contribution < -0.4 is 10.6 Å². The van der Waals surface area contributed by atoms with E-state index >= 15 is 0 Å². The second-order valence-electron chi connectivity index (χ2n) is 4.74. The molecule has 0 aliphatic carbocycles. The summed E-state index contributed by atoms with van der Waals surface area (Å²) in [5, 5.41) is 16.1. The van der Waals surface area contributed by atoms with E-state index in [0.717, 1.165) is 11.4 Å². The number of aryl methyl sites for hydroxylation is 1. The molecule has 0 radical (unpaired) electrons. The maximum absolute atomic E-state index is 11.6. The summed E-state index contributed by atoms with van der Waals surface area (Å²) in [6.45, 7) is 0.736. The van der Waals surface area contributed by atoms with Crippen molar-refractivity contribution in [2.45, 2.75) is 13.0 Å². The van der Waals surface area contributed by atoms with Gasteiger partial charge in [0.2, 0.25) is 0 Å². The number of non-ortho nitro benzene ring substituents is 1. The number of rotatable bonds is 6. The second kappa shape index (κ2) is 7.21. The molecule has 1 aromatic carbocycles. The average molecular weight is 303 g/mol. The number of urea groups is 1. The summed E-state index contributed by atoms with van der Waals surface area (Å²) in [5.74, 6) is 0.758. The zero-order chi connectivity index (χ0) is 15.9. The Balaban J connectivity index is 1.74. The topological polar surface area (TPSA) is 102 Å². The number of hydrogen-bond donors (Lipinski definition) is 2. The largest absolute Gasteiger partial charge is 0.338 e. The van der Waals surface area contributed by atoms with E-state index in [1.165, 1.54) is 12.1 Å². The molecule has 0 bridgehead atoms. The molecule has 8 heteroatoms. The number of hydrogen-bond acceptors (Lipinski definition) is 4. The van der Waals surface area contributed by atoms with Gasteiger partial charge in [-0.15, -0.1) is 0 Å². The summed E-state index contributed by atoms with van der Waals surface area (Å²) in [5.41, 5.74) is 0.857. The van der Waals surface area contributed by atoms with E-state index in [9.17, 15) is 14.9 Å². The molecular formula is C14H17N5O3. The predicted molar refractivity (Wildman–Crippen MR) is 80.2 cm³/mol. The fraction of sp³-hybridized carbons (Fsp3) is 0.286. The molecule has 0 saturated heterocycles. The Hall–Kier alpha value is -2.90. The van der Waals surface area contributed by atoms with Crippen LogP contribution in [0.15, 0.2) is 36.7 Å². The van der Waals surface area contributed by atoms with Gasteiger partial charge in [-0.2, -0.15) is 0 Å². The molecule has 22 heavy (non-hydrogen) atoms. The highest BCUT2D eigenvalue weighted by Crippen LogP contribution is 2.13. The summed E-state index contributed by atoms with van der Waals surface area (Å²) in [7, 11) is 1.85. The van der Waals surface area contributed by atoms with Crippen LogP contribution in [-0.2, 0) is 20.0 Å². The summed E-state index contributed by atoms with van der Waals surface area (Å²) >= 11 is 0. The first kappa shape index (κ1) is 15.5. The molecule has 2 aromatic rings. The van der Waals surface area contributed by atoms with Crippen molar-refractivity contribution in [1.82, 2.24) is 20.2 Å². The Bertz CT molecular complexity index is 668. The molecule has 1 heterocycles. The van der Waals surface area contributed by atoms with Crippen LogP contribution in [-0.4, -0.2) is 27.1 Å². The third-order valence-corrected chi connectivity index (χ3v) is 3.15. The summed E-state index contributed by atoms with van der Waals surface area (Å²) < 4.78 is 1.82. The molecule has 0 fully saturated rings. The summed E-state index contributed by atoms with van der Waals surface area (Å²) in [4.78, 5) is 26.0. The minimum Gasteiger partial charge on any atom is -0.338 e. The first-order chi connectivity index (χ1) is 10.6. The van der Waals surface area contributed by atoms with Crippen molar-refractivity contribution in [3.05, 3.63) is 58.2 Å². The molecule has 8 nitrogen and oxygen atoms in total. The van der Waals surface area contributed by atoms with Crippen molar-refractivity contribution < 1.29 is 9.72 Å². The number of imidazole rings is 1. The van der Waals surface area contributed by atoms with Gasteiger partial charge in [0.05, 0.1) is 11.5 Å². The molecule has 0 spiro atoms. The number of nitrogens with zero attached hydrogens (tertiary/aromatic N) is 3. The molecule has 2 amide bonds. The molecule has 2 N–H and O–H groups in total. The Morgan fingerprint density at radius 2 is 2.23 bits per heavy atom. The van der Waals surface area contributed by atoms with Crippen molar-refractivity contribution in [2.24, 2.45) is 7.05 Å². The summed E-state index contributed by atoms with van der Waals surface area (Å²) in [6, 6.07) is 6.08. The summed E-state index contributed by atoms with van der Waals surface area (Å²) in [6.07, 6.45) is 3.99. The van der Waals surface area contributed by atoms with Crippen LogP contribution in [0.1, 0.15) is 11.4 Å². The van der Waals surface area contributed by atoms with Crippen LogP contribution in [0.2, 0.25) is 0 Å². The first-order valence-corrected chi connectivity index (χ1v) is 6.77. The van der Waals surface area contributed by atoms with E-state index in [1.807, 2.05) is 11.6 Å². The van der Waals surface area contributed by atoms with E-state index in [-0.39, 0.29) is 11.7 Å². The third-order valence-electron chi connectivity index (χ3n) is 3.15. The number of carbonyl (C=O) groups is 1. The number of amides is 2. The van der Waals surface area contributed by atoms with Gasteiger partial charge in [0.15, 0.2) is 0 Å². The fourth-order valence-corrected chi connectivity index (χ4v) is 1.93. The van der Waals surface area contributed by atoms with Crippen LogP contribution in [0.4, 0.5) is 10.5 Å². The van der Waals surface area contributed by atoms with Gasteiger partial charge >= 0.3 is 6.03 Å². The normalized spacial score (nSPS) is 10.2. The predicted octanol–water partition coefficient (Wildman–Crippen LogP) is 1.37. The highest BCUT2D eigenvalue weighted by molar-refractivity contribution is 5.73.